The average molecular weight is 480 g/mol. The molecule has 3 heterocycles. The Morgan fingerprint density at radius 3 is 2.45 bits per heavy atom. The van der Waals surface area contributed by atoms with Gasteiger partial charge in [0.25, 0.3) is 0 Å². The highest BCUT2D eigenvalue weighted by atomic mass is 35.5. The molecule has 168 valence electrons. The van der Waals surface area contributed by atoms with E-state index in [1.165, 1.54) is 32.1 Å². The van der Waals surface area contributed by atoms with Gasteiger partial charge in [-0.1, -0.05) is 30.9 Å². The van der Waals surface area contributed by atoms with Crippen LogP contribution >= 0.6 is 24.0 Å². The number of fused-ring (bicyclic) bond motifs is 1. The van der Waals surface area contributed by atoms with Gasteiger partial charge in [-0.2, -0.15) is 0 Å². The molecule has 1 aliphatic rings. The molecule has 0 N–H and O–H groups in total. The van der Waals surface area contributed by atoms with Crippen LogP contribution in [0.25, 0.3) is 45.2 Å². The van der Waals surface area contributed by atoms with Crippen molar-refractivity contribution in [2.24, 2.45) is 0 Å². The van der Waals surface area contributed by atoms with Gasteiger partial charge in [0.2, 0.25) is 5.89 Å². The van der Waals surface area contributed by atoms with Gasteiger partial charge in [0.05, 0.1) is 29.1 Å². The summed E-state index contributed by atoms with van der Waals surface area (Å²) in [7, 11) is 0. The van der Waals surface area contributed by atoms with Crippen molar-refractivity contribution in [3.63, 3.8) is 0 Å². The van der Waals surface area contributed by atoms with Crippen LogP contribution in [0.1, 0.15) is 38.1 Å². The summed E-state index contributed by atoms with van der Waals surface area (Å²) in [6.45, 7) is 0. The number of nitrogens with zero attached hydrogens (tertiary/aromatic N) is 3. The molecule has 0 amide bonds. The van der Waals surface area contributed by atoms with Crippen LogP contribution in [-0.4, -0.2) is 14.5 Å². The summed E-state index contributed by atoms with van der Waals surface area (Å²) in [4.78, 5) is 9.52. The Hall–Kier alpha value is -3.02. The van der Waals surface area contributed by atoms with Crippen molar-refractivity contribution in [2.75, 3.05) is 0 Å². The minimum atomic E-state index is 0. The van der Waals surface area contributed by atoms with E-state index < -0.39 is 0 Å². The van der Waals surface area contributed by atoms with E-state index in [0.717, 1.165) is 33.5 Å². The normalized spacial score (nSPS) is 14.5. The Balaban J connectivity index is 0.00000228. The maximum atomic E-state index is 6.07. The first kappa shape index (κ1) is 21.8. The fraction of sp³-hybridized carbons (Fsp3) is 0.231. The predicted octanol–water partition coefficient (Wildman–Crippen LogP) is 8.20. The van der Waals surface area contributed by atoms with Crippen molar-refractivity contribution in [3.05, 3.63) is 72.3 Å². The molecule has 0 bridgehead atoms. The van der Waals surface area contributed by atoms with E-state index in [2.05, 4.69) is 27.8 Å². The summed E-state index contributed by atoms with van der Waals surface area (Å²) >= 11 is 6.00. The van der Waals surface area contributed by atoms with Gasteiger partial charge >= 0.3 is 0 Å². The van der Waals surface area contributed by atoms with Gasteiger partial charge in [-0.25, -0.2) is 9.97 Å². The number of aromatic nitrogens is 3. The van der Waals surface area contributed by atoms with Crippen molar-refractivity contribution in [2.45, 2.75) is 38.1 Å². The number of halogens is 2. The molecule has 2 aromatic carbocycles. The molecule has 5 nitrogen and oxygen atoms in total. The molecule has 0 atom stereocenters. The van der Waals surface area contributed by atoms with E-state index in [-0.39, 0.29) is 12.4 Å². The van der Waals surface area contributed by atoms with E-state index in [1.54, 1.807) is 18.7 Å². The van der Waals surface area contributed by atoms with Crippen LogP contribution < -0.4 is 0 Å². The van der Waals surface area contributed by atoms with Crippen molar-refractivity contribution < 1.29 is 8.83 Å². The third-order valence-corrected chi connectivity index (χ3v) is 6.54. The second-order valence-electron chi connectivity index (χ2n) is 8.35. The van der Waals surface area contributed by atoms with Crippen LogP contribution in [0, 0.1) is 0 Å². The van der Waals surface area contributed by atoms with Crippen LogP contribution in [0.3, 0.4) is 0 Å². The molecule has 0 aliphatic heterocycles. The standard InChI is InChI=1S/C26H22ClN3O2.ClH/c27-20-9-6-17(7-10-20)24-15-28-26(32-24)18-8-11-23-22(14-18)29-25(19-12-13-31-16-19)30(23)21-4-2-1-3-5-21;/h6-16,21H,1-5H2;1H. The molecule has 0 saturated heterocycles. The number of rotatable bonds is 4. The highest BCUT2D eigenvalue weighted by Crippen LogP contribution is 2.37. The van der Waals surface area contributed by atoms with Gasteiger partial charge in [0.1, 0.15) is 12.1 Å². The van der Waals surface area contributed by atoms with Gasteiger partial charge in [-0.05, 0) is 61.4 Å². The lowest BCUT2D eigenvalue weighted by Crippen LogP contribution is -2.13. The second kappa shape index (κ2) is 9.08. The van der Waals surface area contributed by atoms with E-state index in [1.807, 2.05) is 30.3 Å². The zero-order chi connectivity index (χ0) is 21.5. The van der Waals surface area contributed by atoms with Crippen molar-refractivity contribution in [1.29, 1.82) is 0 Å². The topological polar surface area (TPSA) is 57.0 Å². The molecule has 0 spiro atoms. The predicted molar refractivity (Wildman–Crippen MR) is 133 cm³/mol. The number of furan rings is 1. The van der Waals surface area contributed by atoms with E-state index in [4.69, 9.17) is 25.4 Å². The molecule has 1 aliphatic carbocycles. The van der Waals surface area contributed by atoms with Crippen LogP contribution in [0.15, 0.2) is 76.1 Å². The van der Waals surface area contributed by atoms with Crippen molar-refractivity contribution in [1.82, 2.24) is 14.5 Å². The maximum absolute atomic E-state index is 6.07. The Morgan fingerprint density at radius 1 is 0.909 bits per heavy atom. The van der Waals surface area contributed by atoms with E-state index >= 15 is 0 Å². The summed E-state index contributed by atoms with van der Waals surface area (Å²) in [5.41, 5.74) is 4.94. The van der Waals surface area contributed by atoms with E-state index in [0.29, 0.717) is 22.7 Å². The van der Waals surface area contributed by atoms with Gasteiger partial charge in [0, 0.05) is 22.2 Å². The third-order valence-electron chi connectivity index (χ3n) is 6.29. The number of hydrogen-bond acceptors (Lipinski definition) is 4. The minimum absolute atomic E-state index is 0. The molecule has 0 radical (unpaired) electrons. The molecule has 7 heteroatoms. The van der Waals surface area contributed by atoms with Crippen LogP contribution in [0.4, 0.5) is 0 Å². The summed E-state index contributed by atoms with van der Waals surface area (Å²) in [5, 5.41) is 0.695. The van der Waals surface area contributed by atoms with Gasteiger partial charge in [0.15, 0.2) is 5.76 Å². The highest BCUT2D eigenvalue weighted by molar-refractivity contribution is 6.30. The first-order chi connectivity index (χ1) is 15.8. The highest BCUT2D eigenvalue weighted by Gasteiger charge is 2.23. The number of imidazole rings is 1. The summed E-state index contributed by atoms with van der Waals surface area (Å²) < 4.78 is 13.8. The number of benzene rings is 2. The smallest absolute Gasteiger partial charge is 0.226 e. The molecule has 1 saturated carbocycles. The summed E-state index contributed by atoms with van der Waals surface area (Å²) in [5.74, 6) is 2.25. The van der Waals surface area contributed by atoms with Gasteiger partial charge in [-0.15, -0.1) is 12.4 Å². The molecule has 0 unspecified atom stereocenters. The monoisotopic (exact) mass is 479 g/mol. The van der Waals surface area contributed by atoms with Gasteiger partial charge < -0.3 is 13.4 Å². The van der Waals surface area contributed by atoms with Crippen LogP contribution in [0.5, 0.6) is 0 Å². The molecule has 6 rings (SSSR count). The molecule has 1 fully saturated rings. The minimum Gasteiger partial charge on any atom is -0.472 e. The Morgan fingerprint density at radius 2 is 1.70 bits per heavy atom. The summed E-state index contributed by atoms with van der Waals surface area (Å²) in [6, 6.07) is 16.3. The molecule has 5 aromatic rings. The maximum Gasteiger partial charge on any atom is 0.226 e. The Kier molecular flexibility index (Phi) is 6.00. The lowest BCUT2D eigenvalue weighted by Gasteiger charge is -2.25. The molecular formula is C26H23Cl2N3O2. The lowest BCUT2D eigenvalue weighted by atomic mass is 9.95. The Labute approximate surface area is 202 Å². The van der Waals surface area contributed by atoms with Gasteiger partial charge in [-0.3, -0.25) is 0 Å². The zero-order valence-electron chi connectivity index (χ0n) is 17.9. The number of oxazole rings is 1. The quantitative estimate of drug-likeness (QED) is 0.260. The van der Waals surface area contributed by atoms with Crippen molar-refractivity contribution >= 4 is 35.0 Å². The van der Waals surface area contributed by atoms with Crippen LogP contribution in [-0.2, 0) is 0 Å². The van der Waals surface area contributed by atoms with Crippen molar-refractivity contribution in [3.8, 4) is 34.2 Å². The fourth-order valence-corrected chi connectivity index (χ4v) is 4.82. The molecule has 3 aromatic heterocycles. The third kappa shape index (κ3) is 4.07. The van der Waals surface area contributed by atoms with Crippen LogP contribution in [0.2, 0.25) is 5.02 Å². The van der Waals surface area contributed by atoms with E-state index in [9.17, 15) is 0 Å². The molecule has 33 heavy (non-hydrogen) atoms. The largest absolute Gasteiger partial charge is 0.472 e. The number of hydrogen-bond donors (Lipinski definition) is 0. The first-order valence-electron chi connectivity index (χ1n) is 11.0. The lowest BCUT2D eigenvalue weighted by molar-refractivity contribution is 0.362. The summed E-state index contributed by atoms with van der Waals surface area (Å²) in [6.07, 6.45) is 11.4. The average Bonchev–Trinajstić information content (AvgIpc) is 3.59. The second-order valence-corrected chi connectivity index (χ2v) is 8.79. The first-order valence-corrected chi connectivity index (χ1v) is 11.4. The SMILES string of the molecule is Cl.Clc1ccc(-c2cnc(-c3ccc4c(c3)nc(-c3ccoc3)n4C3CCCCC3)o2)cc1. The Bertz CT molecular complexity index is 1360. The molecular weight excluding hydrogens is 457 g/mol. The fourth-order valence-electron chi connectivity index (χ4n) is 4.69. The zero-order valence-corrected chi connectivity index (χ0v) is 19.5.